The molecular weight excluding hydrogens is 302 g/mol. The number of halogens is 2. The molecular formula is C4H5Br2NO3S. The maximum absolute atomic E-state index is 11.0. The van der Waals surface area contributed by atoms with Crippen LogP contribution in [0.4, 0.5) is 0 Å². The third-order valence-corrected chi connectivity index (χ3v) is 6.22. The second kappa shape index (κ2) is 3.80. The number of rotatable bonds is 3. The monoisotopic (exact) mass is 305 g/mol. The largest absolute Gasteiger partial charge is 0.279 e. The Hall–Kier alpha value is 0.290. The molecule has 0 saturated carbocycles. The number of hydrogen-bond donors (Lipinski definition) is 0. The molecule has 0 N–H and O–H groups in total. The zero-order valence-corrected chi connectivity index (χ0v) is 9.53. The van der Waals surface area contributed by atoms with Crippen LogP contribution in [0.1, 0.15) is 6.92 Å². The molecule has 0 bridgehead atoms. The molecule has 0 saturated heterocycles. The second-order valence-corrected chi connectivity index (χ2v) is 6.76. The van der Waals surface area contributed by atoms with Crippen LogP contribution >= 0.6 is 31.9 Å². The summed E-state index contributed by atoms with van der Waals surface area (Å²) in [5, 5.41) is 0.146. The lowest BCUT2D eigenvalue weighted by molar-refractivity contribution is 0.562. The maximum Gasteiger partial charge on any atom is 0.279 e. The van der Waals surface area contributed by atoms with E-state index in [1.807, 2.05) is 0 Å². The van der Waals surface area contributed by atoms with E-state index in [1.165, 1.54) is 6.92 Å². The third-order valence-electron chi connectivity index (χ3n) is 0.934. The van der Waals surface area contributed by atoms with Gasteiger partial charge < -0.3 is 0 Å². The SMILES string of the molecule is CC(Br)(CBr)S(=O)(=O)N=C=O. The summed E-state index contributed by atoms with van der Waals surface area (Å²) in [5.74, 6) is 0. The van der Waals surface area contributed by atoms with Gasteiger partial charge in [-0.25, -0.2) is 13.2 Å². The summed E-state index contributed by atoms with van der Waals surface area (Å²) in [6.45, 7) is 1.39. The van der Waals surface area contributed by atoms with Crippen molar-refractivity contribution in [2.75, 3.05) is 5.33 Å². The number of isocyanates is 1. The fraction of sp³-hybridized carbons (Fsp3) is 0.750. The van der Waals surface area contributed by atoms with Crippen molar-refractivity contribution < 1.29 is 13.2 Å². The predicted molar refractivity (Wildman–Crippen MR) is 48.2 cm³/mol. The lowest BCUT2D eigenvalue weighted by Crippen LogP contribution is -2.28. The van der Waals surface area contributed by atoms with Crippen molar-refractivity contribution in [1.82, 2.24) is 0 Å². The summed E-state index contributed by atoms with van der Waals surface area (Å²) in [4.78, 5) is 9.68. The first kappa shape index (κ1) is 11.3. The lowest BCUT2D eigenvalue weighted by atomic mass is 10.6. The van der Waals surface area contributed by atoms with E-state index in [0.29, 0.717) is 0 Å². The highest BCUT2D eigenvalue weighted by atomic mass is 79.9. The Morgan fingerprint density at radius 1 is 1.64 bits per heavy atom. The van der Waals surface area contributed by atoms with Crippen LogP contribution in [-0.2, 0) is 14.8 Å². The Labute approximate surface area is 81.4 Å². The van der Waals surface area contributed by atoms with Gasteiger partial charge in [0.25, 0.3) is 16.1 Å². The Morgan fingerprint density at radius 2 is 2.09 bits per heavy atom. The molecule has 7 heteroatoms. The molecule has 0 aliphatic carbocycles. The molecule has 64 valence electrons. The van der Waals surface area contributed by atoms with Crippen molar-refractivity contribution in [1.29, 1.82) is 0 Å². The van der Waals surface area contributed by atoms with Gasteiger partial charge >= 0.3 is 0 Å². The first-order chi connectivity index (χ1) is 4.87. The molecule has 11 heavy (non-hydrogen) atoms. The fourth-order valence-electron chi connectivity index (χ4n) is 0.213. The van der Waals surface area contributed by atoms with E-state index >= 15 is 0 Å². The molecule has 0 aromatic heterocycles. The Kier molecular flexibility index (Phi) is 3.90. The summed E-state index contributed by atoms with van der Waals surface area (Å²) < 4.78 is 23.4. The molecule has 1 atom stereocenters. The van der Waals surface area contributed by atoms with Crippen molar-refractivity contribution >= 4 is 48.0 Å². The molecule has 0 radical (unpaired) electrons. The van der Waals surface area contributed by atoms with E-state index in [4.69, 9.17) is 0 Å². The zero-order chi connectivity index (χ0) is 9.12. The van der Waals surface area contributed by atoms with Crippen LogP contribution in [0.3, 0.4) is 0 Å². The molecule has 0 aromatic carbocycles. The van der Waals surface area contributed by atoms with Crippen molar-refractivity contribution in [2.45, 2.75) is 10.6 Å². The molecule has 0 aromatic rings. The Balaban J connectivity index is 5.00. The van der Waals surface area contributed by atoms with E-state index in [0.717, 1.165) is 6.08 Å². The highest BCUT2D eigenvalue weighted by Crippen LogP contribution is 2.27. The van der Waals surface area contributed by atoms with Crippen molar-refractivity contribution in [3.05, 3.63) is 0 Å². The van der Waals surface area contributed by atoms with Gasteiger partial charge in [0.15, 0.2) is 3.66 Å². The molecule has 1 unspecified atom stereocenters. The lowest BCUT2D eigenvalue weighted by Gasteiger charge is -2.14. The summed E-state index contributed by atoms with van der Waals surface area (Å²) in [7, 11) is -3.79. The highest BCUT2D eigenvalue weighted by Gasteiger charge is 2.35. The van der Waals surface area contributed by atoms with Crippen molar-refractivity contribution in [3.63, 3.8) is 0 Å². The average Bonchev–Trinajstić information content (AvgIpc) is 1.87. The minimum atomic E-state index is -3.79. The molecule has 4 nitrogen and oxygen atoms in total. The van der Waals surface area contributed by atoms with Gasteiger partial charge in [0.1, 0.15) is 0 Å². The third kappa shape index (κ3) is 2.66. The Morgan fingerprint density at radius 3 is 2.36 bits per heavy atom. The molecule has 0 aliphatic rings. The maximum atomic E-state index is 11.0. The van der Waals surface area contributed by atoms with Gasteiger partial charge in [-0.1, -0.05) is 36.3 Å². The van der Waals surface area contributed by atoms with Crippen molar-refractivity contribution in [3.8, 4) is 0 Å². The smallest absolute Gasteiger partial charge is 0.210 e. The van der Waals surface area contributed by atoms with Crippen LogP contribution in [0.15, 0.2) is 4.40 Å². The first-order valence-electron chi connectivity index (χ1n) is 2.46. The number of nitrogens with zero attached hydrogens (tertiary/aromatic N) is 1. The number of sulfonamides is 1. The summed E-state index contributed by atoms with van der Waals surface area (Å²) in [6, 6.07) is 0. The van der Waals surface area contributed by atoms with Gasteiger partial charge in [-0.05, 0) is 6.92 Å². The topological polar surface area (TPSA) is 63.6 Å². The molecule has 0 aliphatic heterocycles. The minimum Gasteiger partial charge on any atom is -0.210 e. The van der Waals surface area contributed by atoms with Crippen LogP contribution in [0.2, 0.25) is 0 Å². The standard InChI is InChI=1S/C4H5Br2NO3S/c1-4(6,2-5)11(9,10)7-3-8/h2H2,1H3. The summed E-state index contributed by atoms with van der Waals surface area (Å²) in [6.07, 6.45) is 0.985. The summed E-state index contributed by atoms with van der Waals surface area (Å²) >= 11 is 5.86. The van der Waals surface area contributed by atoms with Crippen LogP contribution in [0.5, 0.6) is 0 Å². The quantitative estimate of drug-likeness (QED) is 0.446. The molecule has 0 heterocycles. The normalized spacial score (nSPS) is 16.6. The van der Waals surface area contributed by atoms with E-state index in [2.05, 4.69) is 36.3 Å². The van der Waals surface area contributed by atoms with Gasteiger partial charge in [-0.15, -0.1) is 0 Å². The first-order valence-corrected chi connectivity index (χ1v) is 5.81. The van der Waals surface area contributed by atoms with Crippen LogP contribution in [0.25, 0.3) is 0 Å². The molecule has 0 spiro atoms. The summed E-state index contributed by atoms with van der Waals surface area (Å²) in [5.41, 5.74) is 0. The van der Waals surface area contributed by atoms with Crippen LogP contribution < -0.4 is 0 Å². The predicted octanol–water partition coefficient (Wildman–Crippen LogP) is 1.16. The van der Waals surface area contributed by atoms with Gasteiger partial charge in [0, 0.05) is 5.33 Å². The molecule has 0 rings (SSSR count). The number of hydrogen-bond acceptors (Lipinski definition) is 3. The zero-order valence-electron chi connectivity index (χ0n) is 5.54. The van der Waals surface area contributed by atoms with Crippen LogP contribution in [-0.4, -0.2) is 23.5 Å². The van der Waals surface area contributed by atoms with E-state index in [1.54, 1.807) is 0 Å². The highest BCUT2D eigenvalue weighted by molar-refractivity contribution is 9.13. The second-order valence-electron chi connectivity index (χ2n) is 1.89. The van der Waals surface area contributed by atoms with E-state index < -0.39 is 13.7 Å². The van der Waals surface area contributed by atoms with Gasteiger partial charge in [-0.2, -0.15) is 0 Å². The van der Waals surface area contributed by atoms with E-state index in [9.17, 15) is 13.2 Å². The van der Waals surface area contributed by atoms with Gasteiger partial charge in [0.2, 0.25) is 0 Å². The average molecular weight is 307 g/mol. The van der Waals surface area contributed by atoms with Gasteiger partial charge in [0.05, 0.1) is 0 Å². The van der Waals surface area contributed by atoms with E-state index in [-0.39, 0.29) is 5.33 Å². The number of alkyl halides is 2. The van der Waals surface area contributed by atoms with Crippen molar-refractivity contribution in [2.24, 2.45) is 4.40 Å². The fourth-order valence-corrected chi connectivity index (χ4v) is 1.72. The van der Waals surface area contributed by atoms with Crippen LogP contribution in [0, 0.1) is 0 Å². The van der Waals surface area contributed by atoms with Gasteiger partial charge in [-0.3, -0.25) is 0 Å². The number of carbonyl (C=O) groups excluding carboxylic acids is 1. The molecule has 0 fully saturated rings. The minimum absolute atomic E-state index is 0.146. The molecule has 0 amide bonds. The Bertz CT molecular complexity index is 278.